The Morgan fingerprint density at radius 1 is 1.28 bits per heavy atom. The molecule has 0 bridgehead atoms. The van der Waals surface area contributed by atoms with E-state index in [4.69, 9.17) is 0 Å². The maximum atomic E-state index is 11.8. The van der Waals surface area contributed by atoms with Crippen molar-refractivity contribution in [3.63, 3.8) is 0 Å². The van der Waals surface area contributed by atoms with Gasteiger partial charge in [0.15, 0.2) is 0 Å². The molecule has 0 heterocycles. The third-order valence-electron chi connectivity index (χ3n) is 2.60. The largest absolute Gasteiger partial charge is 0.355 e. The van der Waals surface area contributed by atoms with Crippen LogP contribution >= 0.6 is 0 Å². The van der Waals surface area contributed by atoms with Gasteiger partial charge < -0.3 is 5.32 Å². The molecular weight excluding hydrogens is 252 g/mol. The van der Waals surface area contributed by atoms with Gasteiger partial charge in [-0.25, -0.2) is 8.42 Å². The molecule has 0 aliphatic rings. The van der Waals surface area contributed by atoms with Crippen molar-refractivity contribution in [2.45, 2.75) is 26.0 Å². The van der Waals surface area contributed by atoms with Gasteiger partial charge in [0.2, 0.25) is 10.0 Å². The third-order valence-corrected chi connectivity index (χ3v) is 4.35. The van der Waals surface area contributed by atoms with Crippen molar-refractivity contribution in [1.82, 2.24) is 5.32 Å². The lowest BCUT2D eigenvalue weighted by molar-refractivity contribution is 0.0963. The number of anilines is 1. The van der Waals surface area contributed by atoms with Gasteiger partial charge in [-0.05, 0) is 38.5 Å². The molecule has 1 aromatic carbocycles. The normalized spacial score (nSPS) is 11.4. The average Bonchev–Trinajstić information content (AvgIpc) is 2.30. The molecule has 1 aromatic rings. The van der Waals surface area contributed by atoms with Crippen LogP contribution in [-0.2, 0) is 10.0 Å². The molecule has 0 spiro atoms. The molecule has 0 unspecified atom stereocenters. The van der Waals surface area contributed by atoms with Crippen LogP contribution in [-0.4, -0.2) is 26.6 Å². The lowest BCUT2D eigenvalue weighted by Crippen LogP contribution is -2.23. The highest BCUT2D eigenvalue weighted by molar-refractivity contribution is 7.93. The van der Waals surface area contributed by atoms with E-state index < -0.39 is 15.3 Å². The number of carbonyl (C=O) groups excluding carboxylic acids is 1. The number of carbonyl (C=O) groups is 1. The van der Waals surface area contributed by atoms with Crippen molar-refractivity contribution in [3.8, 4) is 0 Å². The molecule has 0 saturated heterocycles. The Bertz CT molecular complexity index is 550. The first-order valence-electron chi connectivity index (χ1n) is 5.62. The molecule has 0 aliphatic heterocycles. The Balaban J connectivity index is 3.13. The Morgan fingerprint density at radius 2 is 1.89 bits per heavy atom. The fourth-order valence-corrected chi connectivity index (χ4v) is 2.05. The predicted octanol–water partition coefficient (Wildman–Crippen LogP) is 1.50. The minimum Gasteiger partial charge on any atom is -0.355 e. The highest BCUT2D eigenvalue weighted by Gasteiger charge is 2.17. The summed E-state index contributed by atoms with van der Waals surface area (Å²) in [4.78, 5) is 11.5. The predicted molar refractivity (Wildman–Crippen MR) is 72.2 cm³/mol. The summed E-state index contributed by atoms with van der Waals surface area (Å²) < 4.78 is 26.1. The molecule has 5 nitrogen and oxygen atoms in total. The van der Waals surface area contributed by atoms with Crippen LogP contribution < -0.4 is 10.0 Å². The summed E-state index contributed by atoms with van der Waals surface area (Å²) in [5.74, 6) is -0.250. The summed E-state index contributed by atoms with van der Waals surface area (Å²) in [6.45, 7) is 4.98. The Labute approximate surface area is 108 Å². The summed E-state index contributed by atoms with van der Waals surface area (Å²) >= 11 is 0. The molecule has 0 saturated carbocycles. The van der Waals surface area contributed by atoms with E-state index in [1.165, 1.54) is 13.1 Å². The molecule has 2 N–H and O–H groups in total. The van der Waals surface area contributed by atoms with Crippen LogP contribution in [0.4, 0.5) is 5.69 Å². The Kier molecular flexibility index (Phi) is 4.34. The molecule has 18 heavy (non-hydrogen) atoms. The van der Waals surface area contributed by atoms with Crippen LogP contribution in [0.5, 0.6) is 0 Å². The van der Waals surface area contributed by atoms with Gasteiger partial charge in [0, 0.05) is 12.6 Å². The standard InChI is InChI=1S/C12H18N2O3S/c1-8(2)18(16,17)14-11-7-10(12(15)13-4)6-5-9(11)3/h5-8,14H,1-4H3,(H,13,15). The highest BCUT2D eigenvalue weighted by atomic mass is 32.2. The van der Waals surface area contributed by atoms with Crippen LogP contribution in [0.15, 0.2) is 18.2 Å². The Morgan fingerprint density at radius 3 is 2.39 bits per heavy atom. The molecule has 100 valence electrons. The van der Waals surface area contributed by atoms with E-state index in [-0.39, 0.29) is 5.91 Å². The zero-order chi connectivity index (χ0) is 13.9. The number of hydrogen-bond donors (Lipinski definition) is 2. The molecule has 1 amide bonds. The van der Waals surface area contributed by atoms with Crippen LogP contribution in [0.25, 0.3) is 0 Å². The van der Waals surface area contributed by atoms with Crippen LogP contribution in [0.1, 0.15) is 29.8 Å². The van der Waals surface area contributed by atoms with Gasteiger partial charge in [-0.15, -0.1) is 0 Å². The number of rotatable bonds is 4. The van der Waals surface area contributed by atoms with Crippen LogP contribution in [0, 0.1) is 6.92 Å². The van der Waals surface area contributed by atoms with Gasteiger partial charge in [-0.2, -0.15) is 0 Å². The van der Waals surface area contributed by atoms with E-state index in [9.17, 15) is 13.2 Å². The Hall–Kier alpha value is -1.56. The second-order valence-corrected chi connectivity index (χ2v) is 6.54. The maximum Gasteiger partial charge on any atom is 0.251 e. The van der Waals surface area contributed by atoms with Gasteiger partial charge >= 0.3 is 0 Å². The minimum atomic E-state index is -3.40. The summed E-state index contributed by atoms with van der Waals surface area (Å²) in [6, 6.07) is 4.90. The lowest BCUT2D eigenvalue weighted by atomic mass is 10.1. The second kappa shape index (κ2) is 5.39. The first kappa shape index (κ1) is 14.5. The fraction of sp³-hybridized carbons (Fsp3) is 0.417. The fourth-order valence-electron chi connectivity index (χ4n) is 1.29. The highest BCUT2D eigenvalue weighted by Crippen LogP contribution is 2.19. The van der Waals surface area contributed by atoms with E-state index in [1.54, 1.807) is 32.9 Å². The van der Waals surface area contributed by atoms with Gasteiger partial charge in [0.1, 0.15) is 0 Å². The topological polar surface area (TPSA) is 75.3 Å². The first-order valence-corrected chi connectivity index (χ1v) is 7.17. The number of amides is 1. The van der Waals surface area contributed by atoms with Crippen LogP contribution in [0.2, 0.25) is 0 Å². The summed E-state index contributed by atoms with van der Waals surface area (Å²) in [5, 5.41) is 1.97. The van der Waals surface area contributed by atoms with E-state index in [1.807, 2.05) is 0 Å². The van der Waals surface area contributed by atoms with E-state index in [2.05, 4.69) is 10.0 Å². The number of nitrogens with one attached hydrogen (secondary N) is 2. The van der Waals surface area contributed by atoms with E-state index in [0.717, 1.165) is 5.56 Å². The molecule has 0 fully saturated rings. The zero-order valence-corrected chi connectivity index (χ0v) is 11.8. The van der Waals surface area contributed by atoms with E-state index in [0.29, 0.717) is 11.3 Å². The molecule has 0 radical (unpaired) electrons. The molecule has 0 aliphatic carbocycles. The smallest absolute Gasteiger partial charge is 0.251 e. The number of sulfonamides is 1. The van der Waals surface area contributed by atoms with Crippen LogP contribution in [0.3, 0.4) is 0 Å². The quantitative estimate of drug-likeness (QED) is 0.870. The van der Waals surface area contributed by atoms with Gasteiger partial charge in [0.05, 0.1) is 10.9 Å². The maximum absolute atomic E-state index is 11.8. The molecule has 0 atom stereocenters. The number of hydrogen-bond acceptors (Lipinski definition) is 3. The molecule has 1 rings (SSSR count). The zero-order valence-electron chi connectivity index (χ0n) is 10.9. The minimum absolute atomic E-state index is 0.250. The van der Waals surface area contributed by atoms with Gasteiger partial charge in [-0.3, -0.25) is 9.52 Å². The molecular formula is C12H18N2O3S. The average molecular weight is 270 g/mol. The lowest BCUT2D eigenvalue weighted by Gasteiger charge is -2.13. The molecule has 0 aromatic heterocycles. The monoisotopic (exact) mass is 270 g/mol. The van der Waals surface area contributed by atoms with Gasteiger partial charge in [0.25, 0.3) is 5.91 Å². The van der Waals surface area contributed by atoms with Crippen molar-refractivity contribution < 1.29 is 13.2 Å². The van der Waals surface area contributed by atoms with Crippen molar-refractivity contribution in [2.24, 2.45) is 0 Å². The second-order valence-electron chi connectivity index (χ2n) is 4.30. The molecule has 6 heteroatoms. The first-order chi connectivity index (χ1) is 8.27. The number of benzene rings is 1. The third kappa shape index (κ3) is 3.22. The van der Waals surface area contributed by atoms with E-state index >= 15 is 0 Å². The van der Waals surface area contributed by atoms with Gasteiger partial charge in [-0.1, -0.05) is 6.07 Å². The van der Waals surface area contributed by atoms with Crippen molar-refractivity contribution in [1.29, 1.82) is 0 Å². The summed E-state index contributed by atoms with van der Waals surface area (Å²) in [7, 11) is -1.88. The van der Waals surface area contributed by atoms with Crippen molar-refractivity contribution in [2.75, 3.05) is 11.8 Å². The SMILES string of the molecule is CNC(=O)c1ccc(C)c(NS(=O)(=O)C(C)C)c1. The summed E-state index contributed by atoms with van der Waals surface area (Å²) in [6.07, 6.45) is 0. The number of aryl methyl sites for hydroxylation is 1. The van der Waals surface area contributed by atoms with Crippen molar-refractivity contribution in [3.05, 3.63) is 29.3 Å². The summed E-state index contributed by atoms with van der Waals surface area (Å²) in [5.41, 5.74) is 1.63. The van der Waals surface area contributed by atoms with Crippen molar-refractivity contribution >= 4 is 21.6 Å².